The number of carboxylic acids is 1. The van der Waals surface area contributed by atoms with Crippen LogP contribution in [0.3, 0.4) is 0 Å². The molecule has 1 aromatic heterocycles. The number of hydrogen-bond donors (Lipinski definition) is 4. The Morgan fingerprint density at radius 2 is 2.27 bits per heavy atom. The standard InChI is InChI=1S/C8H9ClN2O4/c9-4-1-5(10-2-4)7(13)11-6(3-12)8(14)15/h1-2,6,10,12H,3H2,(H,11,13)(H,14,15). The van der Waals surface area contributed by atoms with Crippen LogP contribution in [0.1, 0.15) is 10.5 Å². The smallest absolute Gasteiger partial charge is 0.328 e. The van der Waals surface area contributed by atoms with Crippen molar-refractivity contribution in [3.8, 4) is 0 Å². The maximum absolute atomic E-state index is 11.4. The largest absolute Gasteiger partial charge is 0.480 e. The van der Waals surface area contributed by atoms with Gasteiger partial charge in [0.2, 0.25) is 0 Å². The van der Waals surface area contributed by atoms with Crippen LogP contribution in [0.4, 0.5) is 0 Å². The molecule has 0 saturated carbocycles. The Bertz CT molecular complexity index is 376. The number of aliphatic hydroxyl groups excluding tert-OH is 1. The van der Waals surface area contributed by atoms with E-state index in [1.54, 1.807) is 0 Å². The van der Waals surface area contributed by atoms with Crippen molar-refractivity contribution in [3.63, 3.8) is 0 Å². The molecule has 1 amide bonds. The van der Waals surface area contributed by atoms with E-state index in [0.717, 1.165) is 0 Å². The highest BCUT2D eigenvalue weighted by molar-refractivity contribution is 6.30. The second-order valence-electron chi connectivity index (χ2n) is 2.78. The molecule has 0 aliphatic heterocycles. The van der Waals surface area contributed by atoms with Crippen LogP contribution in [-0.4, -0.2) is 39.7 Å². The fourth-order valence-corrected chi connectivity index (χ4v) is 1.08. The summed E-state index contributed by atoms with van der Waals surface area (Å²) in [5.74, 6) is -1.94. The van der Waals surface area contributed by atoms with Crippen LogP contribution >= 0.6 is 11.6 Å². The molecule has 7 heteroatoms. The van der Waals surface area contributed by atoms with Crippen LogP contribution in [0.5, 0.6) is 0 Å². The van der Waals surface area contributed by atoms with Crippen LogP contribution < -0.4 is 5.32 Å². The van der Waals surface area contributed by atoms with Gasteiger partial charge < -0.3 is 20.5 Å². The first kappa shape index (κ1) is 11.5. The number of H-pyrrole nitrogens is 1. The van der Waals surface area contributed by atoms with E-state index < -0.39 is 24.5 Å². The van der Waals surface area contributed by atoms with E-state index in [0.29, 0.717) is 5.02 Å². The molecule has 6 nitrogen and oxygen atoms in total. The number of nitrogens with one attached hydrogen (secondary N) is 2. The summed E-state index contributed by atoms with van der Waals surface area (Å²) in [6, 6.07) is 0.0345. The third-order valence-corrected chi connectivity index (χ3v) is 1.90. The molecule has 4 N–H and O–H groups in total. The molecule has 0 aliphatic carbocycles. The highest BCUT2D eigenvalue weighted by Gasteiger charge is 2.20. The molecule has 0 saturated heterocycles. The third kappa shape index (κ3) is 2.97. The monoisotopic (exact) mass is 232 g/mol. The van der Waals surface area contributed by atoms with Crippen molar-refractivity contribution in [2.45, 2.75) is 6.04 Å². The minimum atomic E-state index is -1.32. The molecule has 1 aromatic rings. The number of aromatic nitrogens is 1. The van der Waals surface area contributed by atoms with Gasteiger partial charge in [0.15, 0.2) is 6.04 Å². The Balaban J connectivity index is 2.66. The summed E-state index contributed by atoms with van der Waals surface area (Å²) in [6.45, 7) is -0.671. The van der Waals surface area contributed by atoms with E-state index in [1.165, 1.54) is 12.3 Å². The maximum atomic E-state index is 11.4. The van der Waals surface area contributed by atoms with Crippen molar-refractivity contribution in [2.75, 3.05) is 6.61 Å². The molecule has 1 unspecified atom stereocenters. The second kappa shape index (κ2) is 4.81. The van der Waals surface area contributed by atoms with Gasteiger partial charge in [-0.05, 0) is 6.07 Å². The van der Waals surface area contributed by atoms with E-state index in [9.17, 15) is 9.59 Å². The zero-order valence-corrected chi connectivity index (χ0v) is 8.28. The summed E-state index contributed by atoms with van der Waals surface area (Å²) < 4.78 is 0. The predicted octanol–water partition coefficient (Wildman–Crippen LogP) is -0.157. The van der Waals surface area contributed by atoms with Gasteiger partial charge in [0.1, 0.15) is 5.69 Å². The van der Waals surface area contributed by atoms with Gasteiger partial charge in [-0.2, -0.15) is 0 Å². The lowest BCUT2D eigenvalue weighted by atomic mass is 10.3. The van der Waals surface area contributed by atoms with Gasteiger partial charge in [-0.1, -0.05) is 11.6 Å². The number of carbonyl (C=O) groups excluding carboxylic acids is 1. The summed E-state index contributed by atoms with van der Waals surface area (Å²) in [6.07, 6.45) is 1.39. The van der Waals surface area contributed by atoms with Crippen molar-refractivity contribution in [1.29, 1.82) is 0 Å². The lowest BCUT2D eigenvalue weighted by molar-refractivity contribution is -0.140. The fraction of sp³-hybridized carbons (Fsp3) is 0.250. The zero-order chi connectivity index (χ0) is 11.4. The SMILES string of the molecule is O=C(NC(CO)C(=O)O)c1cc(Cl)c[nH]1. The zero-order valence-electron chi connectivity index (χ0n) is 7.53. The fourth-order valence-electron chi connectivity index (χ4n) is 0.920. The van der Waals surface area contributed by atoms with Crippen LogP contribution in [0.15, 0.2) is 12.3 Å². The highest BCUT2D eigenvalue weighted by Crippen LogP contribution is 2.09. The Morgan fingerprint density at radius 1 is 1.60 bits per heavy atom. The lowest BCUT2D eigenvalue weighted by Crippen LogP contribution is -2.43. The number of aliphatic hydroxyl groups is 1. The van der Waals surface area contributed by atoms with Gasteiger partial charge in [0.05, 0.1) is 11.6 Å². The lowest BCUT2D eigenvalue weighted by Gasteiger charge is -2.10. The molecule has 0 aliphatic rings. The first-order valence-corrected chi connectivity index (χ1v) is 4.41. The molecule has 15 heavy (non-hydrogen) atoms. The van der Waals surface area contributed by atoms with Crippen LogP contribution in [-0.2, 0) is 4.79 Å². The summed E-state index contributed by atoms with van der Waals surface area (Å²) in [5.41, 5.74) is 0.139. The number of aliphatic carboxylic acids is 1. The Labute approximate surface area is 89.9 Å². The first-order chi connectivity index (χ1) is 7.04. The normalized spacial score (nSPS) is 12.1. The average molecular weight is 233 g/mol. The molecular formula is C8H9ClN2O4. The van der Waals surface area contributed by atoms with Crippen molar-refractivity contribution < 1.29 is 19.8 Å². The van der Waals surface area contributed by atoms with Crippen molar-refractivity contribution in [2.24, 2.45) is 0 Å². The number of amides is 1. The average Bonchev–Trinajstić information content (AvgIpc) is 2.60. The third-order valence-electron chi connectivity index (χ3n) is 1.68. The van der Waals surface area contributed by atoms with Gasteiger partial charge in [-0.15, -0.1) is 0 Å². The molecule has 1 rings (SSSR count). The number of carbonyl (C=O) groups is 2. The summed E-state index contributed by atoms with van der Waals surface area (Å²) >= 11 is 5.56. The summed E-state index contributed by atoms with van der Waals surface area (Å²) in [4.78, 5) is 24.4. The molecule has 0 aromatic carbocycles. The van der Waals surface area contributed by atoms with Gasteiger partial charge in [-0.25, -0.2) is 4.79 Å². The van der Waals surface area contributed by atoms with Gasteiger partial charge in [0, 0.05) is 6.20 Å². The maximum Gasteiger partial charge on any atom is 0.328 e. The summed E-state index contributed by atoms with van der Waals surface area (Å²) in [5, 5.41) is 19.7. The van der Waals surface area contributed by atoms with E-state index in [1.807, 2.05) is 0 Å². The van der Waals surface area contributed by atoms with E-state index in [2.05, 4.69) is 10.3 Å². The van der Waals surface area contributed by atoms with Crippen molar-refractivity contribution in [1.82, 2.24) is 10.3 Å². The topological polar surface area (TPSA) is 102 Å². The molecule has 1 heterocycles. The molecule has 0 spiro atoms. The highest BCUT2D eigenvalue weighted by atomic mass is 35.5. The number of rotatable bonds is 4. The molecule has 82 valence electrons. The second-order valence-corrected chi connectivity index (χ2v) is 3.21. The number of carboxylic acid groups (broad SMARTS) is 1. The van der Waals surface area contributed by atoms with Gasteiger partial charge in [0.25, 0.3) is 5.91 Å². The predicted molar refractivity (Wildman–Crippen MR) is 51.8 cm³/mol. The van der Waals surface area contributed by atoms with Crippen LogP contribution in [0.2, 0.25) is 5.02 Å². The number of hydrogen-bond acceptors (Lipinski definition) is 3. The van der Waals surface area contributed by atoms with Crippen molar-refractivity contribution in [3.05, 3.63) is 23.0 Å². The summed E-state index contributed by atoms with van der Waals surface area (Å²) in [7, 11) is 0. The van der Waals surface area contributed by atoms with Gasteiger partial charge in [-0.3, -0.25) is 4.79 Å². The molecule has 1 atom stereocenters. The number of halogens is 1. The molecule has 0 bridgehead atoms. The first-order valence-electron chi connectivity index (χ1n) is 4.03. The van der Waals surface area contributed by atoms with Gasteiger partial charge >= 0.3 is 5.97 Å². The quantitative estimate of drug-likeness (QED) is 0.579. The van der Waals surface area contributed by atoms with Crippen LogP contribution in [0.25, 0.3) is 0 Å². The Hall–Kier alpha value is -1.53. The Kier molecular flexibility index (Phi) is 3.70. The Morgan fingerprint density at radius 3 is 2.67 bits per heavy atom. The van der Waals surface area contributed by atoms with Crippen LogP contribution in [0, 0.1) is 0 Å². The minimum Gasteiger partial charge on any atom is -0.480 e. The number of aromatic amines is 1. The molecule has 0 fully saturated rings. The van der Waals surface area contributed by atoms with Crippen molar-refractivity contribution >= 4 is 23.5 Å². The molecule has 0 radical (unpaired) electrons. The van der Waals surface area contributed by atoms with E-state index in [4.69, 9.17) is 21.8 Å². The van der Waals surface area contributed by atoms with E-state index in [-0.39, 0.29) is 5.69 Å². The minimum absolute atomic E-state index is 0.139. The molecular weight excluding hydrogens is 224 g/mol. The van der Waals surface area contributed by atoms with E-state index >= 15 is 0 Å².